The SMILES string of the molecule is CCOc1cc(C(=O)N(C)[C@@H](C)c2cn(O)cc3cnnc2-3)ccc1-c1ccccc1. The van der Waals surface area contributed by atoms with E-state index in [1.807, 2.05) is 56.3 Å². The lowest BCUT2D eigenvalue weighted by Crippen LogP contribution is -2.30. The van der Waals surface area contributed by atoms with Crippen molar-refractivity contribution in [3.63, 3.8) is 0 Å². The summed E-state index contributed by atoms with van der Waals surface area (Å²) in [6, 6.07) is 15.1. The lowest BCUT2D eigenvalue weighted by molar-refractivity contribution is 0.0739. The van der Waals surface area contributed by atoms with E-state index in [1.54, 1.807) is 30.4 Å². The fraction of sp³-hybridized carbons (Fsp3) is 0.208. The average molecular weight is 416 g/mol. The molecule has 158 valence electrons. The molecule has 0 unspecified atom stereocenters. The Labute approximate surface area is 180 Å². The standard InChI is InChI=1S/C24H24N4O3/c1-4-31-22-12-18(10-11-20(22)17-8-6-5-7-9-17)24(29)27(3)16(2)21-15-28(30)14-19-13-25-26-23(19)21/h5-16,30H,4H2,1-3H3/t16-/m0/s1. The molecule has 4 rings (SSSR count). The Morgan fingerprint density at radius 2 is 1.94 bits per heavy atom. The molecule has 2 aromatic rings. The third-order valence-electron chi connectivity index (χ3n) is 5.41. The van der Waals surface area contributed by atoms with Crippen molar-refractivity contribution in [2.75, 3.05) is 13.7 Å². The first kappa shape index (κ1) is 20.4. The number of aromatic nitrogens is 3. The molecule has 1 N–H and O–H groups in total. The number of nitrogens with zero attached hydrogens (tertiary/aromatic N) is 4. The monoisotopic (exact) mass is 416 g/mol. The van der Waals surface area contributed by atoms with E-state index in [-0.39, 0.29) is 11.9 Å². The van der Waals surface area contributed by atoms with Crippen LogP contribution in [0.1, 0.15) is 35.8 Å². The summed E-state index contributed by atoms with van der Waals surface area (Å²) < 4.78 is 6.81. The minimum atomic E-state index is -0.337. The first-order chi connectivity index (χ1) is 15.0. The van der Waals surface area contributed by atoms with Gasteiger partial charge in [0.2, 0.25) is 0 Å². The van der Waals surface area contributed by atoms with Crippen LogP contribution < -0.4 is 4.74 Å². The van der Waals surface area contributed by atoms with Crippen molar-refractivity contribution in [3.05, 3.63) is 78.2 Å². The van der Waals surface area contributed by atoms with Gasteiger partial charge in [0, 0.05) is 29.3 Å². The van der Waals surface area contributed by atoms with Gasteiger partial charge in [-0.3, -0.25) is 4.79 Å². The third-order valence-corrected chi connectivity index (χ3v) is 5.41. The summed E-state index contributed by atoms with van der Waals surface area (Å²) in [5.41, 5.74) is 4.56. The van der Waals surface area contributed by atoms with Gasteiger partial charge in [-0.2, -0.15) is 5.10 Å². The molecule has 0 aromatic heterocycles. The van der Waals surface area contributed by atoms with E-state index in [0.29, 0.717) is 34.7 Å². The average Bonchev–Trinajstić information content (AvgIpc) is 3.26. The van der Waals surface area contributed by atoms with Crippen molar-refractivity contribution in [1.29, 1.82) is 0 Å². The van der Waals surface area contributed by atoms with Crippen LogP contribution in [-0.2, 0) is 0 Å². The maximum Gasteiger partial charge on any atom is 0.254 e. The fourth-order valence-corrected chi connectivity index (χ4v) is 3.65. The van der Waals surface area contributed by atoms with E-state index in [9.17, 15) is 10.0 Å². The number of hydrogen-bond acceptors (Lipinski definition) is 5. The molecule has 0 aliphatic carbocycles. The Hall–Kier alpha value is -3.87. The lowest BCUT2D eigenvalue weighted by Gasteiger charge is -2.27. The zero-order valence-corrected chi connectivity index (χ0v) is 17.7. The lowest BCUT2D eigenvalue weighted by atomic mass is 10.0. The topological polar surface area (TPSA) is 80.5 Å². The van der Waals surface area contributed by atoms with Crippen LogP contribution in [0.3, 0.4) is 0 Å². The molecule has 2 aliphatic heterocycles. The van der Waals surface area contributed by atoms with Gasteiger partial charge in [0.25, 0.3) is 5.91 Å². The van der Waals surface area contributed by atoms with Crippen molar-refractivity contribution < 1.29 is 14.7 Å². The van der Waals surface area contributed by atoms with Gasteiger partial charge >= 0.3 is 0 Å². The number of carbonyl (C=O) groups excluding carboxylic acids is 1. The zero-order valence-electron chi connectivity index (χ0n) is 17.7. The summed E-state index contributed by atoms with van der Waals surface area (Å²) >= 11 is 0. The van der Waals surface area contributed by atoms with E-state index in [4.69, 9.17) is 4.74 Å². The Morgan fingerprint density at radius 3 is 2.68 bits per heavy atom. The number of pyridine rings is 1. The number of fused-ring (bicyclic) bond motifs is 1. The number of hydrogen-bond donors (Lipinski definition) is 1. The quantitative estimate of drug-likeness (QED) is 0.468. The summed E-state index contributed by atoms with van der Waals surface area (Å²) in [5, 5.41) is 18.1. The van der Waals surface area contributed by atoms with Crippen molar-refractivity contribution in [2.24, 2.45) is 0 Å². The summed E-state index contributed by atoms with van der Waals surface area (Å²) in [7, 11) is 1.73. The first-order valence-corrected chi connectivity index (χ1v) is 10.1. The van der Waals surface area contributed by atoms with Gasteiger partial charge in [0.1, 0.15) is 11.4 Å². The molecule has 1 atom stereocenters. The fourth-order valence-electron chi connectivity index (χ4n) is 3.65. The van der Waals surface area contributed by atoms with Crippen LogP contribution in [0.15, 0.2) is 67.1 Å². The Morgan fingerprint density at radius 1 is 1.16 bits per heavy atom. The number of rotatable bonds is 6. The highest BCUT2D eigenvalue weighted by Gasteiger charge is 2.25. The minimum absolute atomic E-state index is 0.158. The van der Waals surface area contributed by atoms with E-state index in [2.05, 4.69) is 10.2 Å². The molecule has 31 heavy (non-hydrogen) atoms. The Bertz CT molecular complexity index is 1170. The molecular weight excluding hydrogens is 392 g/mol. The van der Waals surface area contributed by atoms with Crippen LogP contribution in [0.25, 0.3) is 22.4 Å². The van der Waals surface area contributed by atoms with Gasteiger partial charge in [0.05, 0.1) is 31.2 Å². The molecule has 2 heterocycles. The Kier molecular flexibility index (Phi) is 5.58. The normalized spacial score (nSPS) is 12.0. The van der Waals surface area contributed by atoms with Crippen LogP contribution >= 0.6 is 0 Å². The second kappa shape index (κ2) is 8.47. The molecule has 0 saturated heterocycles. The van der Waals surface area contributed by atoms with Crippen LogP contribution in [0.5, 0.6) is 5.75 Å². The van der Waals surface area contributed by atoms with Gasteiger partial charge in [0.15, 0.2) is 0 Å². The van der Waals surface area contributed by atoms with E-state index in [1.165, 1.54) is 6.20 Å². The van der Waals surface area contributed by atoms with Gasteiger partial charge < -0.3 is 14.8 Å². The summed E-state index contributed by atoms with van der Waals surface area (Å²) in [6.07, 6.45) is 4.66. The van der Waals surface area contributed by atoms with Gasteiger partial charge in [-0.25, -0.2) is 4.73 Å². The highest BCUT2D eigenvalue weighted by Crippen LogP contribution is 2.33. The zero-order chi connectivity index (χ0) is 22.0. The highest BCUT2D eigenvalue weighted by atomic mass is 16.5. The molecule has 2 aliphatic rings. The molecule has 0 saturated carbocycles. The summed E-state index contributed by atoms with van der Waals surface area (Å²) in [6.45, 7) is 4.31. The molecular formula is C24H24N4O3. The summed E-state index contributed by atoms with van der Waals surface area (Å²) in [5.74, 6) is 0.506. The van der Waals surface area contributed by atoms with Crippen LogP contribution in [0.4, 0.5) is 0 Å². The van der Waals surface area contributed by atoms with Gasteiger partial charge in [-0.05, 0) is 37.6 Å². The largest absolute Gasteiger partial charge is 0.493 e. The second-order valence-corrected chi connectivity index (χ2v) is 7.34. The van der Waals surface area contributed by atoms with Crippen molar-refractivity contribution >= 4 is 5.91 Å². The first-order valence-electron chi connectivity index (χ1n) is 10.1. The predicted molar refractivity (Wildman–Crippen MR) is 117 cm³/mol. The number of ether oxygens (including phenoxy) is 1. The Balaban J connectivity index is 1.65. The van der Waals surface area contributed by atoms with E-state index in [0.717, 1.165) is 15.9 Å². The van der Waals surface area contributed by atoms with Gasteiger partial charge in [-0.15, -0.1) is 5.10 Å². The van der Waals surface area contributed by atoms with Crippen LogP contribution in [0.2, 0.25) is 0 Å². The maximum absolute atomic E-state index is 13.3. The van der Waals surface area contributed by atoms with Crippen LogP contribution in [-0.4, -0.2) is 44.6 Å². The molecule has 0 fully saturated rings. The predicted octanol–water partition coefficient (Wildman–Crippen LogP) is 4.52. The molecule has 0 bridgehead atoms. The highest BCUT2D eigenvalue weighted by molar-refractivity contribution is 5.96. The molecule has 7 nitrogen and oxygen atoms in total. The molecule has 1 amide bonds. The van der Waals surface area contributed by atoms with Gasteiger partial charge in [-0.1, -0.05) is 30.3 Å². The molecule has 0 radical (unpaired) electrons. The molecule has 7 heteroatoms. The van der Waals surface area contributed by atoms with Crippen molar-refractivity contribution in [3.8, 4) is 28.1 Å². The number of amides is 1. The summed E-state index contributed by atoms with van der Waals surface area (Å²) in [4.78, 5) is 14.9. The van der Waals surface area contributed by atoms with Crippen LogP contribution in [0, 0.1) is 0 Å². The van der Waals surface area contributed by atoms with Crippen molar-refractivity contribution in [2.45, 2.75) is 19.9 Å². The number of benzene rings is 2. The molecule has 0 spiro atoms. The van der Waals surface area contributed by atoms with E-state index < -0.39 is 0 Å². The second-order valence-electron chi connectivity index (χ2n) is 7.34. The minimum Gasteiger partial charge on any atom is -0.493 e. The molecule has 2 aromatic carbocycles. The van der Waals surface area contributed by atoms with Crippen molar-refractivity contribution in [1.82, 2.24) is 19.8 Å². The maximum atomic E-state index is 13.3. The third kappa shape index (κ3) is 3.94. The van der Waals surface area contributed by atoms with E-state index >= 15 is 0 Å². The number of carbonyl (C=O) groups is 1. The smallest absolute Gasteiger partial charge is 0.254 e.